The van der Waals surface area contributed by atoms with E-state index in [1.54, 1.807) is 0 Å². The first-order valence-electron chi connectivity index (χ1n) is 4.21. The van der Waals surface area contributed by atoms with Gasteiger partial charge in [0.2, 0.25) is 0 Å². The summed E-state index contributed by atoms with van der Waals surface area (Å²) in [4.78, 5) is 0. The van der Waals surface area contributed by atoms with Gasteiger partial charge < -0.3 is 4.74 Å². The van der Waals surface area contributed by atoms with Gasteiger partial charge in [0.1, 0.15) is 6.61 Å². The fourth-order valence-corrected chi connectivity index (χ4v) is 1.08. The van der Waals surface area contributed by atoms with Crippen LogP contribution in [-0.2, 0) is 19.0 Å². The number of halogens is 3. The number of unbranched alkanes of at least 4 members (excludes halogenated alkanes) is 1. The molecule has 0 saturated heterocycles. The topological polar surface area (TPSA) is 52.6 Å². The summed E-state index contributed by atoms with van der Waals surface area (Å²) in [7, 11) is -4.02. The van der Waals surface area contributed by atoms with Crippen LogP contribution >= 0.6 is 0 Å². The molecule has 0 aliphatic heterocycles. The molecular formula is C8H11F3O4S. The molecule has 94 valence electrons. The van der Waals surface area contributed by atoms with E-state index < -0.39 is 22.2 Å². The molecule has 0 bridgehead atoms. The minimum absolute atomic E-state index is 0.103. The Balaban J connectivity index is 3.81. The third-order valence-corrected chi connectivity index (χ3v) is 2.35. The highest BCUT2D eigenvalue weighted by atomic mass is 32.2. The van der Waals surface area contributed by atoms with Gasteiger partial charge in [0.05, 0.1) is 6.61 Å². The molecule has 0 aromatic heterocycles. The first-order valence-corrected chi connectivity index (χ1v) is 5.62. The quantitative estimate of drug-likeness (QED) is 0.323. The number of hydrogen-bond acceptors (Lipinski definition) is 4. The average Bonchev–Trinajstić information content (AvgIpc) is 2.14. The highest BCUT2D eigenvalue weighted by Crippen LogP contribution is 2.24. The van der Waals surface area contributed by atoms with Gasteiger partial charge in [-0.1, -0.05) is 5.92 Å². The molecule has 0 atom stereocenters. The lowest BCUT2D eigenvalue weighted by atomic mass is 10.3. The van der Waals surface area contributed by atoms with Crippen LogP contribution in [0.5, 0.6) is 0 Å². The molecular weight excluding hydrogens is 249 g/mol. The second-order valence-corrected chi connectivity index (χ2v) is 4.22. The molecule has 8 heteroatoms. The Morgan fingerprint density at radius 3 is 2.38 bits per heavy atom. The molecule has 0 aromatic carbocycles. The molecule has 0 amide bonds. The predicted octanol–water partition coefficient (Wildman–Crippen LogP) is 1.28. The first-order chi connectivity index (χ1) is 7.31. The zero-order chi connectivity index (χ0) is 12.7. The normalized spacial score (nSPS) is 12.0. The number of rotatable bonds is 5. The van der Waals surface area contributed by atoms with Gasteiger partial charge >= 0.3 is 15.6 Å². The third-order valence-electron chi connectivity index (χ3n) is 1.31. The Kier molecular flexibility index (Phi) is 6.40. The van der Waals surface area contributed by atoms with E-state index in [1.165, 1.54) is 7.11 Å². The van der Waals surface area contributed by atoms with E-state index in [0.29, 0.717) is 0 Å². The Morgan fingerprint density at radius 1 is 1.25 bits per heavy atom. The number of ether oxygens (including phenoxy) is 1. The summed E-state index contributed by atoms with van der Waals surface area (Å²) in [6, 6.07) is 0. The van der Waals surface area contributed by atoms with E-state index in [0.717, 1.165) is 0 Å². The summed E-state index contributed by atoms with van der Waals surface area (Å²) in [6.45, 7) is -0.314. The highest BCUT2D eigenvalue weighted by molar-refractivity contribution is 7.87. The molecule has 0 saturated carbocycles. The fourth-order valence-electron chi connectivity index (χ4n) is 0.608. The maximum absolute atomic E-state index is 11.8. The molecule has 0 radical (unpaired) electrons. The Morgan fingerprint density at radius 2 is 1.88 bits per heavy atom. The summed E-state index contributed by atoms with van der Waals surface area (Å²) in [6.07, 6.45) is 0.350. The lowest BCUT2D eigenvalue weighted by molar-refractivity contribution is -0.0542. The van der Waals surface area contributed by atoms with E-state index in [-0.39, 0.29) is 19.4 Å². The summed E-state index contributed by atoms with van der Waals surface area (Å²) in [5, 5.41) is 0. The van der Waals surface area contributed by atoms with E-state index in [4.69, 9.17) is 0 Å². The monoisotopic (exact) mass is 260 g/mol. The smallest absolute Gasteiger partial charge is 0.372 e. The van der Waals surface area contributed by atoms with Gasteiger partial charge in [0.25, 0.3) is 0 Å². The molecule has 0 N–H and O–H groups in total. The number of alkyl halides is 3. The molecule has 0 aliphatic rings. The molecule has 0 aliphatic carbocycles. The van der Waals surface area contributed by atoms with Crippen molar-refractivity contribution in [1.29, 1.82) is 0 Å². The van der Waals surface area contributed by atoms with Crippen molar-refractivity contribution in [2.24, 2.45) is 0 Å². The predicted molar refractivity (Wildman–Crippen MR) is 49.8 cm³/mol. The van der Waals surface area contributed by atoms with Crippen molar-refractivity contribution >= 4 is 10.1 Å². The molecule has 0 spiro atoms. The summed E-state index contributed by atoms with van der Waals surface area (Å²) in [5.74, 6) is 5.14. The van der Waals surface area contributed by atoms with Crippen molar-refractivity contribution in [1.82, 2.24) is 0 Å². The zero-order valence-corrected chi connectivity index (χ0v) is 9.32. The molecule has 4 nitrogen and oxygen atoms in total. The van der Waals surface area contributed by atoms with Crippen LogP contribution in [-0.4, -0.2) is 34.2 Å². The van der Waals surface area contributed by atoms with Crippen LogP contribution in [0.2, 0.25) is 0 Å². The van der Waals surface area contributed by atoms with E-state index >= 15 is 0 Å². The van der Waals surface area contributed by atoms with E-state index in [9.17, 15) is 21.6 Å². The van der Waals surface area contributed by atoms with Gasteiger partial charge in [0, 0.05) is 13.5 Å². The average molecular weight is 260 g/mol. The Labute approximate surface area is 91.9 Å². The summed E-state index contributed by atoms with van der Waals surface area (Å²) in [5.41, 5.74) is -5.37. The number of hydrogen-bond donors (Lipinski definition) is 0. The second-order valence-electron chi connectivity index (χ2n) is 2.61. The lowest BCUT2D eigenvalue weighted by Crippen LogP contribution is -2.25. The SMILES string of the molecule is COCC#CCCCOS(=O)(=O)C(F)(F)F. The van der Waals surface area contributed by atoms with Crippen molar-refractivity contribution in [3.63, 3.8) is 0 Å². The Bertz CT molecular complexity index is 350. The van der Waals surface area contributed by atoms with Gasteiger partial charge in [-0.3, -0.25) is 4.18 Å². The van der Waals surface area contributed by atoms with Crippen molar-refractivity contribution < 1.29 is 30.5 Å². The van der Waals surface area contributed by atoms with Gasteiger partial charge in [-0.05, 0) is 6.42 Å². The van der Waals surface area contributed by atoms with Crippen LogP contribution in [0.4, 0.5) is 13.2 Å². The van der Waals surface area contributed by atoms with Crippen LogP contribution < -0.4 is 0 Å². The highest BCUT2D eigenvalue weighted by Gasteiger charge is 2.47. The Hall–Kier alpha value is -0.780. The second kappa shape index (κ2) is 6.73. The van der Waals surface area contributed by atoms with Gasteiger partial charge in [-0.2, -0.15) is 21.6 Å². The minimum Gasteiger partial charge on any atom is -0.372 e. The van der Waals surface area contributed by atoms with Crippen LogP contribution in [0, 0.1) is 11.8 Å². The number of methoxy groups -OCH3 is 1. The maximum atomic E-state index is 11.8. The summed E-state index contributed by atoms with van der Waals surface area (Å²) < 4.78 is 64.4. The largest absolute Gasteiger partial charge is 0.523 e. The van der Waals surface area contributed by atoms with Crippen molar-refractivity contribution in [2.45, 2.75) is 18.3 Å². The molecule has 0 fully saturated rings. The van der Waals surface area contributed by atoms with Crippen molar-refractivity contribution in [2.75, 3.05) is 20.3 Å². The van der Waals surface area contributed by atoms with Gasteiger partial charge in [0.15, 0.2) is 0 Å². The van der Waals surface area contributed by atoms with Crippen LogP contribution in [0.25, 0.3) is 0 Å². The third kappa shape index (κ3) is 5.95. The molecule has 0 heterocycles. The zero-order valence-electron chi connectivity index (χ0n) is 8.50. The molecule has 0 aromatic rings. The van der Waals surface area contributed by atoms with Crippen LogP contribution in [0.1, 0.15) is 12.8 Å². The standard InChI is InChI=1S/C8H11F3O4S/c1-14-6-4-2-3-5-7-15-16(12,13)8(9,10)11/h3,5-7H2,1H3. The molecule has 0 unspecified atom stereocenters. The van der Waals surface area contributed by atoms with E-state index in [2.05, 4.69) is 20.8 Å². The maximum Gasteiger partial charge on any atom is 0.523 e. The first kappa shape index (κ1) is 15.2. The summed E-state index contributed by atoms with van der Waals surface area (Å²) >= 11 is 0. The molecule has 16 heavy (non-hydrogen) atoms. The van der Waals surface area contributed by atoms with E-state index in [1.807, 2.05) is 0 Å². The lowest BCUT2D eigenvalue weighted by Gasteiger charge is -2.06. The van der Waals surface area contributed by atoms with Crippen molar-refractivity contribution in [3.05, 3.63) is 0 Å². The van der Waals surface area contributed by atoms with Crippen LogP contribution in [0.3, 0.4) is 0 Å². The van der Waals surface area contributed by atoms with Gasteiger partial charge in [-0.15, -0.1) is 5.92 Å². The minimum atomic E-state index is -5.47. The fraction of sp³-hybridized carbons (Fsp3) is 0.750. The molecule has 0 rings (SSSR count). The van der Waals surface area contributed by atoms with Crippen LogP contribution in [0.15, 0.2) is 0 Å². The van der Waals surface area contributed by atoms with Crippen molar-refractivity contribution in [3.8, 4) is 11.8 Å². The van der Waals surface area contributed by atoms with Gasteiger partial charge in [-0.25, -0.2) is 0 Å².